The molecule has 0 saturated heterocycles. The second kappa shape index (κ2) is 2.38. The maximum atomic E-state index is 12.9. The van der Waals surface area contributed by atoms with E-state index in [1.54, 1.807) is 7.05 Å². The van der Waals surface area contributed by atoms with Crippen LogP contribution in [0.5, 0.6) is 0 Å². The Labute approximate surface area is 72.0 Å². The molecule has 0 unspecified atom stereocenters. The third-order valence-corrected chi connectivity index (χ3v) is 1.70. The van der Waals surface area contributed by atoms with E-state index in [9.17, 15) is 4.39 Å². The third-order valence-electron chi connectivity index (χ3n) is 1.52. The average Bonchev–Trinajstić information content (AvgIpc) is 2.28. The van der Waals surface area contributed by atoms with Crippen molar-refractivity contribution in [3.05, 3.63) is 17.4 Å². The van der Waals surface area contributed by atoms with E-state index in [4.69, 9.17) is 11.6 Å². The fraction of sp³-hybridized carbons (Fsp3) is 0.167. The Morgan fingerprint density at radius 2 is 2.33 bits per heavy atom. The van der Waals surface area contributed by atoms with Gasteiger partial charge in [-0.25, -0.2) is 9.97 Å². The zero-order valence-corrected chi connectivity index (χ0v) is 6.88. The van der Waals surface area contributed by atoms with Crippen molar-refractivity contribution in [2.24, 2.45) is 7.05 Å². The Hall–Kier alpha value is -1.23. The van der Waals surface area contributed by atoms with Gasteiger partial charge in [-0.15, -0.1) is 5.10 Å². The van der Waals surface area contributed by atoms with Crippen LogP contribution >= 0.6 is 11.6 Å². The summed E-state index contributed by atoms with van der Waals surface area (Å²) in [6.45, 7) is 0. The Bertz CT molecular complexity index is 438. The first-order valence-corrected chi connectivity index (χ1v) is 3.57. The van der Waals surface area contributed by atoms with Gasteiger partial charge in [0.15, 0.2) is 0 Å². The fourth-order valence-corrected chi connectivity index (χ4v) is 1.11. The molecule has 0 amide bonds. The lowest BCUT2D eigenvalue weighted by atomic mass is 10.5. The van der Waals surface area contributed by atoms with Gasteiger partial charge < -0.3 is 0 Å². The molecule has 0 saturated carbocycles. The van der Waals surface area contributed by atoms with Crippen LogP contribution in [0, 0.1) is 5.95 Å². The highest BCUT2D eigenvalue weighted by Crippen LogP contribution is 2.14. The molecule has 0 aliphatic heterocycles. The molecular formula is C6H4ClFN4. The number of fused-ring (bicyclic) bond motifs is 1. The quantitative estimate of drug-likeness (QED) is 0.580. The summed E-state index contributed by atoms with van der Waals surface area (Å²) in [7, 11) is 1.61. The van der Waals surface area contributed by atoms with Gasteiger partial charge in [-0.3, -0.25) is 4.68 Å². The van der Waals surface area contributed by atoms with Crippen LogP contribution < -0.4 is 0 Å². The van der Waals surface area contributed by atoms with E-state index in [1.807, 2.05) is 0 Å². The molecule has 62 valence electrons. The standard InChI is InChI=1S/C6H4ClFN4/c1-12-3-2-9-6(7)10-4(3)5(8)11-12/h2H,1H3. The zero-order chi connectivity index (χ0) is 8.72. The van der Waals surface area contributed by atoms with Gasteiger partial charge in [0.2, 0.25) is 5.28 Å². The van der Waals surface area contributed by atoms with Gasteiger partial charge in [-0.2, -0.15) is 4.39 Å². The molecule has 0 aliphatic carbocycles. The molecule has 2 heterocycles. The molecule has 2 aromatic rings. The number of nitrogens with zero attached hydrogens (tertiary/aromatic N) is 4. The normalized spacial score (nSPS) is 10.9. The Morgan fingerprint density at radius 1 is 1.58 bits per heavy atom. The van der Waals surface area contributed by atoms with Crippen LogP contribution in [0.2, 0.25) is 5.28 Å². The topological polar surface area (TPSA) is 43.6 Å². The van der Waals surface area contributed by atoms with Crippen LogP contribution in [0.15, 0.2) is 6.20 Å². The van der Waals surface area contributed by atoms with Gasteiger partial charge >= 0.3 is 0 Å². The number of aryl methyl sites for hydroxylation is 1. The minimum atomic E-state index is -0.628. The van der Waals surface area contributed by atoms with E-state index in [-0.39, 0.29) is 10.8 Å². The Balaban J connectivity index is 2.90. The van der Waals surface area contributed by atoms with Crippen molar-refractivity contribution < 1.29 is 4.39 Å². The molecule has 6 heteroatoms. The van der Waals surface area contributed by atoms with E-state index in [2.05, 4.69) is 15.1 Å². The molecule has 2 rings (SSSR count). The lowest BCUT2D eigenvalue weighted by Gasteiger charge is -1.90. The van der Waals surface area contributed by atoms with Gasteiger partial charge in [-0.05, 0) is 11.6 Å². The first kappa shape index (κ1) is 7.42. The highest BCUT2D eigenvalue weighted by molar-refractivity contribution is 6.28. The second-order valence-electron chi connectivity index (χ2n) is 2.29. The summed E-state index contributed by atoms with van der Waals surface area (Å²) < 4.78 is 14.3. The Morgan fingerprint density at radius 3 is 3.08 bits per heavy atom. The number of rotatable bonds is 0. The largest absolute Gasteiger partial charge is 0.262 e. The van der Waals surface area contributed by atoms with Gasteiger partial charge in [0.25, 0.3) is 5.95 Å². The molecule has 0 radical (unpaired) electrons. The van der Waals surface area contributed by atoms with E-state index >= 15 is 0 Å². The molecule has 12 heavy (non-hydrogen) atoms. The SMILES string of the molecule is Cn1nc(F)c2nc(Cl)ncc21. The van der Waals surface area contributed by atoms with Crippen molar-refractivity contribution >= 4 is 22.6 Å². The molecule has 2 aromatic heterocycles. The molecule has 4 nitrogen and oxygen atoms in total. The maximum absolute atomic E-state index is 12.9. The number of hydrogen-bond donors (Lipinski definition) is 0. The molecule has 0 atom stereocenters. The van der Waals surface area contributed by atoms with Crippen LogP contribution in [-0.2, 0) is 7.05 Å². The Kier molecular flexibility index (Phi) is 1.47. The monoisotopic (exact) mass is 186 g/mol. The van der Waals surface area contributed by atoms with Gasteiger partial charge in [0.05, 0.1) is 6.20 Å². The van der Waals surface area contributed by atoms with E-state index < -0.39 is 5.95 Å². The third kappa shape index (κ3) is 0.937. The van der Waals surface area contributed by atoms with Crippen molar-refractivity contribution in [1.82, 2.24) is 19.7 Å². The second-order valence-corrected chi connectivity index (χ2v) is 2.63. The smallest absolute Gasteiger partial charge is 0.258 e. The van der Waals surface area contributed by atoms with Crippen LogP contribution in [0.25, 0.3) is 11.0 Å². The first-order chi connectivity index (χ1) is 5.68. The molecule has 0 fully saturated rings. The summed E-state index contributed by atoms with van der Waals surface area (Å²) in [6, 6.07) is 0. The molecule has 0 bridgehead atoms. The lowest BCUT2D eigenvalue weighted by Crippen LogP contribution is -1.90. The summed E-state index contributed by atoms with van der Waals surface area (Å²) in [5.41, 5.74) is 0.675. The summed E-state index contributed by atoms with van der Waals surface area (Å²) >= 11 is 5.47. The number of aromatic nitrogens is 4. The molecule has 0 spiro atoms. The van der Waals surface area contributed by atoms with Gasteiger partial charge in [0.1, 0.15) is 11.0 Å². The fourth-order valence-electron chi connectivity index (χ4n) is 0.975. The van der Waals surface area contributed by atoms with E-state index in [1.165, 1.54) is 10.9 Å². The number of halogens is 2. The predicted molar refractivity (Wildman–Crippen MR) is 41.3 cm³/mol. The maximum Gasteiger partial charge on any atom is 0.258 e. The highest BCUT2D eigenvalue weighted by atomic mass is 35.5. The van der Waals surface area contributed by atoms with Gasteiger partial charge in [-0.1, -0.05) is 0 Å². The molecule has 0 aromatic carbocycles. The summed E-state index contributed by atoms with van der Waals surface area (Å²) in [6.07, 6.45) is 1.43. The van der Waals surface area contributed by atoms with Crippen LogP contribution in [0.3, 0.4) is 0 Å². The van der Waals surface area contributed by atoms with E-state index in [0.29, 0.717) is 5.52 Å². The van der Waals surface area contributed by atoms with Crippen LogP contribution in [0.4, 0.5) is 4.39 Å². The minimum Gasteiger partial charge on any atom is -0.262 e. The van der Waals surface area contributed by atoms with Crippen molar-refractivity contribution in [1.29, 1.82) is 0 Å². The lowest BCUT2D eigenvalue weighted by molar-refractivity contribution is 0.560. The highest BCUT2D eigenvalue weighted by Gasteiger charge is 2.09. The van der Waals surface area contributed by atoms with Crippen molar-refractivity contribution in [2.45, 2.75) is 0 Å². The van der Waals surface area contributed by atoms with Gasteiger partial charge in [0, 0.05) is 7.05 Å². The average molecular weight is 187 g/mol. The van der Waals surface area contributed by atoms with Crippen LogP contribution in [0.1, 0.15) is 0 Å². The molecule has 0 N–H and O–H groups in total. The molecule has 0 aliphatic rings. The zero-order valence-electron chi connectivity index (χ0n) is 6.12. The first-order valence-electron chi connectivity index (χ1n) is 3.19. The summed E-state index contributed by atoms with van der Waals surface area (Å²) in [4.78, 5) is 7.40. The summed E-state index contributed by atoms with van der Waals surface area (Å²) in [5, 5.41) is 3.54. The number of hydrogen-bond acceptors (Lipinski definition) is 3. The van der Waals surface area contributed by atoms with Crippen molar-refractivity contribution in [2.75, 3.05) is 0 Å². The van der Waals surface area contributed by atoms with Crippen molar-refractivity contribution in [3.8, 4) is 0 Å². The van der Waals surface area contributed by atoms with Crippen molar-refractivity contribution in [3.63, 3.8) is 0 Å². The van der Waals surface area contributed by atoms with E-state index in [0.717, 1.165) is 0 Å². The van der Waals surface area contributed by atoms with Crippen LogP contribution in [-0.4, -0.2) is 19.7 Å². The molecular weight excluding hydrogens is 183 g/mol. The summed E-state index contributed by atoms with van der Waals surface area (Å²) in [5.74, 6) is -0.628. The predicted octanol–water partition coefficient (Wildman–Crippen LogP) is 1.16. The minimum absolute atomic E-state index is 0.0226.